The van der Waals surface area contributed by atoms with Gasteiger partial charge in [0.15, 0.2) is 0 Å². The first-order chi connectivity index (χ1) is 4.95. The maximum Gasteiger partial charge on any atom is -0.000323 e. The van der Waals surface area contributed by atoms with Crippen LogP contribution in [-0.2, 0) is 0 Å². The molecular formula is C11H20. The summed E-state index contributed by atoms with van der Waals surface area (Å²) in [5.41, 5.74) is 2.65. The first kappa shape index (κ1) is 10.5. The van der Waals surface area contributed by atoms with E-state index in [1.165, 1.54) is 11.1 Å². The second-order valence-corrected chi connectivity index (χ2v) is 3.86. The Morgan fingerprint density at radius 2 is 1.64 bits per heavy atom. The summed E-state index contributed by atoms with van der Waals surface area (Å²) in [7, 11) is 0. The summed E-state index contributed by atoms with van der Waals surface area (Å²) in [4.78, 5) is 0. The van der Waals surface area contributed by atoms with Gasteiger partial charge < -0.3 is 0 Å². The Balaban J connectivity index is 4.36. The molecule has 64 valence electrons. The van der Waals surface area contributed by atoms with Gasteiger partial charge in [-0.2, -0.15) is 0 Å². The average Bonchev–Trinajstić information content (AvgIpc) is 1.81. The van der Waals surface area contributed by atoms with Crippen molar-refractivity contribution in [2.45, 2.75) is 34.6 Å². The van der Waals surface area contributed by atoms with Crippen molar-refractivity contribution in [1.82, 2.24) is 0 Å². The van der Waals surface area contributed by atoms with Crippen LogP contribution in [0.25, 0.3) is 0 Å². The molecule has 0 nitrogen and oxygen atoms in total. The van der Waals surface area contributed by atoms with Crippen molar-refractivity contribution < 1.29 is 0 Å². The van der Waals surface area contributed by atoms with Crippen LogP contribution in [0.5, 0.6) is 0 Å². The molecule has 0 aliphatic carbocycles. The van der Waals surface area contributed by atoms with Crippen LogP contribution < -0.4 is 0 Å². The lowest BCUT2D eigenvalue weighted by molar-refractivity contribution is 0.525. The van der Waals surface area contributed by atoms with Crippen LogP contribution in [0.1, 0.15) is 34.6 Å². The second kappa shape index (κ2) is 4.38. The monoisotopic (exact) mass is 152 g/mol. The fourth-order valence-corrected chi connectivity index (χ4v) is 1.26. The third-order valence-electron chi connectivity index (χ3n) is 1.80. The average molecular weight is 152 g/mol. The zero-order valence-corrected chi connectivity index (χ0v) is 8.44. The minimum absolute atomic E-state index is 0.556. The number of allylic oxidation sites excluding steroid dienone is 3. The Kier molecular flexibility index (Phi) is 4.17. The van der Waals surface area contributed by atoms with Crippen molar-refractivity contribution in [2.24, 2.45) is 11.8 Å². The van der Waals surface area contributed by atoms with E-state index in [1.807, 2.05) is 0 Å². The molecule has 0 aliphatic heterocycles. The molecule has 0 aromatic carbocycles. The van der Waals surface area contributed by atoms with Gasteiger partial charge in [-0.3, -0.25) is 0 Å². The molecule has 0 spiro atoms. The minimum Gasteiger partial charge on any atom is -0.0995 e. The van der Waals surface area contributed by atoms with Gasteiger partial charge >= 0.3 is 0 Å². The normalized spacial score (nSPS) is 12.9. The number of hydrogen-bond acceptors (Lipinski definition) is 0. The van der Waals surface area contributed by atoms with Gasteiger partial charge in [0, 0.05) is 0 Å². The largest absolute Gasteiger partial charge is 0.0995 e. The Labute approximate surface area is 71.0 Å². The minimum atomic E-state index is 0.556. The second-order valence-electron chi connectivity index (χ2n) is 3.86. The molecule has 0 aromatic heterocycles. The molecule has 0 rings (SSSR count). The number of hydrogen-bond donors (Lipinski definition) is 0. The third kappa shape index (κ3) is 4.02. The lowest BCUT2D eigenvalue weighted by atomic mass is 9.88. The van der Waals surface area contributed by atoms with Gasteiger partial charge in [-0.05, 0) is 32.6 Å². The maximum absolute atomic E-state index is 3.99. The topological polar surface area (TPSA) is 0 Å². The maximum atomic E-state index is 3.99. The first-order valence-corrected chi connectivity index (χ1v) is 4.25. The molecule has 0 saturated carbocycles. The van der Waals surface area contributed by atoms with E-state index in [1.54, 1.807) is 0 Å². The molecule has 0 amide bonds. The molecule has 1 unspecified atom stereocenters. The Morgan fingerprint density at radius 3 is 1.73 bits per heavy atom. The van der Waals surface area contributed by atoms with E-state index in [-0.39, 0.29) is 0 Å². The summed E-state index contributed by atoms with van der Waals surface area (Å²) in [6.45, 7) is 14.8. The SMILES string of the molecule is C=C(C)C(C=C(C)C)C(C)C. The highest BCUT2D eigenvalue weighted by Crippen LogP contribution is 2.21. The van der Waals surface area contributed by atoms with Crippen molar-refractivity contribution in [3.05, 3.63) is 23.8 Å². The Morgan fingerprint density at radius 1 is 1.18 bits per heavy atom. The highest BCUT2D eigenvalue weighted by atomic mass is 14.1. The van der Waals surface area contributed by atoms with Crippen LogP contribution in [0.4, 0.5) is 0 Å². The predicted molar refractivity (Wildman–Crippen MR) is 52.6 cm³/mol. The molecular weight excluding hydrogens is 132 g/mol. The van der Waals surface area contributed by atoms with E-state index < -0.39 is 0 Å². The third-order valence-corrected chi connectivity index (χ3v) is 1.80. The zero-order chi connectivity index (χ0) is 9.02. The van der Waals surface area contributed by atoms with Crippen LogP contribution in [0.3, 0.4) is 0 Å². The highest BCUT2D eigenvalue weighted by molar-refractivity contribution is 5.11. The smallest absolute Gasteiger partial charge is 0.000323 e. The molecule has 1 atom stereocenters. The summed E-state index contributed by atoms with van der Waals surface area (Å²) >= 11 is 0. The molecule has 0 saturated heterocycles. The van der Waals surface area contributed by atoms with Crippen LogP contribution in [0.15, 0.2) is 23.8 Å². The van der Waals surface area contributed by atoms with E-state index in [9.17, 15) is 0 Å². The first-order valence-electron chi connectivity index (χ1n) is 4.25. The van der Waals surface area contributed by atoms with E-state index in [4.69, 9.17) is 0 Å². The molecule has 0 aliphatic rings. The molecule has 0 bridgehead atoms. The quantitative estimate of drug-likeness (QED) is 0.539. The lowest BCUT2D eigenvalue weighted by Crippen LogP contribution is -2.06. The number of rotatable bonds is 3. The van der Waals surface area contributed by atoms with E-state index in [0.717, 1.165) is 0 Å². The fraction of sp³-hybridized carbons (Fsp3) is 0.636. The van der Waals surface area contributed by atoms with Gasteiger partial charge in [0.25, 0.3) is 0 Å². The molecule has 11 heavy (non-hydrogen) atoms. The van der Waals surface area contributed by atoms with Crippen LogP contribution in [-0.4, -0.2) is 0 Å². The van der Waals surface area contributed by atoms with Crippen molar-refractivity contribution in [3.8, 4) is 0 Å². The summed E-state index contributed by atoms with van der Waals surface area (Å²) in [6.07, 6.45) is 2.30. The molecule has 0 radical (unpaired) electrons. The van der Waals surface area contributed by atoms with Crippen molar-refractivity contribution in [1.29, 1.82) is 0 Å². The molecule has 0 heterocycles. The highest BCUT2D eigenvalue weighted by Gasteiger charge is 2.09. The van der Waals surface area contributed by atoms with E-state index in [2.05, 4.69) is 47.3 Å². The summed E-state index contributed by atoms with van der Waals surface area (Å²) in [5, 5.41) is 0. The van der Waals surface area contributed by atoms with Gasteiger partial charge in [0.2, 0.25) is 0 Å². The standard InChI is InChI=1S/C11H20/c1-8(2)7-11(9(3)4)10(5)6/h7,10-11H,3H2,1-2,4-6H3. The van der Waals surface area contributed by atoms with Crippen LogP contribution >= 0.6 is 0 Å². The molecule has 0 N–H and O–H groups in total. The van der Waals surface area contributed by atoms with E-state index >= 15 is 0 Å². The van der Waals surface area contributed by atoms with Gasteiger partial charge in [0.1, 0.15) is 0 Å². The van der Waals surface area contributed by atoms with Gasteiger partial charge in [-0.25, -0.2) is 0 Å². The van der Waals surface area contributed by atoms with Crippen molar-refractivity contribution in [2.75, 3.05) is 0 Å². The predicted octanol–water partition coefficient (Wildman–Crippen LogP) is 3.80. The van der Waals surface area contributed by atoms with Crippen molar-refractivity contribution >= 4 is 0 Å². The van der Waals surface area contributed by atoms with Gasteiger partial charge in [-0.1, -0.05) is 37.6 Å². The van der Waals surface area contributed by atoms with Gasteiger partial charge in [0.05, 0.1) is 0 Å². The van der Waals surface area contributed by atoms with E-state index in [0.29, 0.717) is 11.8 Å². The van der Waals surface area contributed by atoms with Crippen molar-refractivity contribution in [3.63, 3.8) is 0 Å². The summed E-state index contributed by atoms with van der Waals surface area (Å²) in [6, 6.07) is 0. The molecule has 0 fully saturated rings. The Bertz CT molecular complexity index is 157. The molecule has 0 heteroatoms. The molecule has 0 aromatic rings. The lowest BCUT2D eigenvalue weighted by Gasteiger charge is -2.17. The fourth-order valence-electron chi connectivity index (χ4n) is 1.26. The van der Waals surface area contributed by atoms with Crippen LogP contribution in [0.2, 0.25) is 0 Å². The Hall–Kier alpha value is -0.520. The van der Waals surface area contributed by atoms with Gasteiger partial charge in [-0.15, -0.1) is 0 Å². The summed E-state index contributed by atoms with van der Waals surface area (Å²) in [5.74, 6) is 1.22. The summed E-state index contributed by atoms with van der Waals surface area (Å²) < 4.78 is 0. The zero-order valence-electron chi connectivity index (χ0n) is 8.44. The van der Waals surface area contributed by atoms with Crippen LogP contribution in [0, 0.1) is 11.8 Å².